The largest absolute Gasteiger partial charge is 0.357 e. The fraction of sp³-hybridized carbons (Fsp3) is 0.438. The molecule has 6 nitrogen and oxygen atoms in total. The molecular weight excluding hydrogens is 280 g/mol. The standard InChI is InChI=1S/C16H22N4O2/c1-10(2)7-12(15(21)17-4)19-16(22)13-9-20-6-5-11(3)8-14(20)18-13/h5-6,8-10,12H,7H2,1-4H3,(H,17,21)(H,19,22)/t12-/m1/s1. The van der Waals surface area contributed by atoms with E-state index in [0.29, 0.717) is 23.7 Å². The van der Waals surface area contributed by atoms with Crippen molar-refractivity contribution in [1.82, 2.24) is 20.0 Å². The van der Waals surface area contributed by atoms with Crippen LogP contribution in [0.1, 0.15) is 36.3 Å². The monoisotopic (exact) mass is 302 g/mol. The van der Waals surface area contributed by atoms with E-state index in [2.05, 4.69) is 15.6 Å². The number of carbonyl (C=O) groups is 2. The minimum Gasteiger partial charge on any atom is -0.357 e. The van der Waals surface area contributed by atoms with Crippen LogP contribution in [-0.4, -0.2) is 34.3 Å². The van der Waals surface area contributed by atoms with Crippen LogP contribution in [0.5, 0.6) is 0 Å². The van der Waals surface area contributed by atoms with Gasteiger partial charge in [0.05, 0.1) is 0 Å². The van der Waals surface area contributed by atoms with Gasteiger partial charge < -0.3 is 15.0 Å². The summed E-state index contributed by atoms with van der Waals surface area (Å²) in [6.45, 7) is 5.99. The highest BCUT2D eigenvalue weighted by Crippen LogP contribution is 2.09. The molecule has 0 aliphatic carbocycles. The first-order chi connectivity index (χ1) is 10.4. The molecule has 118 valence electrons. The van der Waals surface area contributed by atoms with Crippen LogP contribution in [-0.2, 0) is 4.79 Å². The summed E-state index contributed by atoms with van der Waals surface area (Å²) >= 11 is 0. The molecule has 2 rings (SSSR count). The van der Waals surface area contributed by atoms with Crippen LogP contribution in [0.4, 0.5) is 0 Å². The van der Waals surface area contributed by atoms with Crippen LogP contribution < -0.4 is 10.6 Å². The van der Waals surface area contributed by atoms with Crippen molar-refractivity contribution in [2.24, 2.45) is 5.92 Å². The molecule has 0 saturated carbocycles. The summed E-state index contributed by atoms with van der Waals surface area (Å²) in [5, 5.41) is 5.35. The van der Waals surface area contributed by atoms with Gasteiger partial charge in [0.25, 0.3) is 5.91 Å². The molecule has 2 heterocycles. The van der Waals surface area contributed by atoms with E-state index in [0.717, 1.165) is 5.56 Å². The lowest BCUT2D eigenvalue weighted by atomic mass is 10.0. The molecular formula is C16H22N4O2. The van der Waals surface area contributed by atoms with Crippen LogP contribution in [0.3, 0.4) is 0 Å². The Bertz CT molecular complexity index is 691. The van der Waals surface area contributed by atoms with Gasteiger partial charge in [-0.25, -0.2) is 4.98 Å². The van der Waals surface area contributed by atoms with Gasteiger partial charge in [-0.15, -0.1) is 0 Å². The molecule has 0 saturated heterocycles. The zero-order valence-electron chi connectivity index (χ0n) is 13.4. The van der Waals surface area contributed by atoms with Gasteiger partial charge in [0.2, 0.25) is 5.91 Å². The number of amides is 2. The van der Waals surface area contributed by atoms with Crippen molar-refractivity contribution in [3.8, 4) is 0 Å². The van der Waals surface area contributed by atoms with Gasteiger partial charge in [0.15, 0.2) is 0 Å². The number of likely N-dealkylation sites (N-methyl/N-ethyl adjacent to an activating group) is 1. The predicted molar refractivity (Wildman–Crippen MR) is 84.7 cm³/mol. The summed E-state index contributed by atoms with van der Waals surface area (Å²) in [5.41, 5.74) is 2.10. The first kappa shape index (κ1) is 16.0. The Hall–Kier alpha value is -2.37. The third-order valence-corrected chi connectivity index (χ3v) is 3.42. The Balaban J connectivity index is 2.19. The Morgan fingerprint density at radius 1 is 1.36 bits per heavy atom. The third-order valence-electron chi connectivity index (χ3n) is 3.42. The Labute approximate surface area is 129 Å². The fourth-order valence-corrected chi connectivity index (χ4v) is 2.30. The van der Waals surface area contributed by atoms with Crippen LogP contribution in [0, 0.1) is 12.8 Å². The normalized spacial score (nSPS) is 12.4. The topological polar surface area (TPSA) is 75.5 Å². The van der Waals surface area contributed by atoms with E-state index >= 15 is 0 Å². The van der Waals surface area contributed by atoms with Crippen LogP contribution >= 0.6 is 0 Å². The zero-order chi connectivity index (χ0) is 16.3. The fourth-order valence-electron chi connectivity index (χ4n) is 2.30. The van der Waals surface area contributed by atoms with Gasteiger partial charge in [0, 0.05) is 19.4 Å². The summed E-state index contributed by atoms with van der Waals surface area (Å²) in [4.78, 5) is 28.5. The molecule has 0 unspecified atom stereocenters. The lowest BCUT2D eigenvalue weighted by Crippen LogP contribution is -2.46. The maximum atomic E-state index is 12.3. The van der Waals surface area contributed by atoms with Crippen molar-refractivity contribution >= 4 is 17.5 Å². The third kappa shape index (κ3) is 3.63. The predicted octanol–water partition coefficient (Wildman–Crippen LogP) is 1.53. The number of aryl methyl sites for hydroxylation is 1. The van der Waals surface area contributed by atoms with Crippen LogP contribution in [0.25, 0.3) is 5.65 Å². The summed E-state index contributed by atoms with van der Waals surface area (Å²) in [7, 11) is 1.56. The summed E-state index contributed by atoms with van der Waals surface area (Å²) in [6, 6.07) is 3.30. The van der Waals surface area contributed by atoms with E-state index in [1.165, 1.54) is 0 Å². The number of imidazole rings is 1. The zero-order valence-corrected chi connectivity index (χ0v) is 13.4. The minimum absolute atomic E-state index is 0.193. The highest BCUT2D eigenvalue weighted by Gasteiger charge is 2.22. The number of hydrogen-bond acceptors (Lipinski definition) is 3. The second kappa shape index (κ2) is 6.60. The number of rotatable bonds is 5. The molecule has 0 bridgehead atoms. The minimum atomic E-state index is -0.552. The molecule has 6 heteroatoms. The lowest BCUT2D eigenvalue weighted by molar-refractivity contribution is -0.122. The maximum absolute atomic E-state index is 12.3. The molecule has 0 fully saturated rings. The number of carbonyl (C=O) groups excluding carboxylic acids is 2. The Morgan fingerprint density at radius 2 is 2.09 bits per heavy atom. The molecule has 0 spiro atoms. The van der Waals surface area contributed by atoms with Crippen molar-refractivity contribution in [3.63, 3.8) is 0 Å². The van der Waals surface area contributed by atoms with Crippen molar-refractivity contribution < 1.29 is 9.59 Å². The number of pyridine rings is 1. The number of nitrogens with one attached hydrogen (secondary N) is 2. The average Bonchev–Trinajstić information content (AvgIpc) is 2.88. The molecule has 0 aliphatic heterocycles. The van der Waals surface area contributed by atoms with Gasteiger partial charge in [-0.2, -0.15) is 0 Å². The molecule has 0 aromatic carbocycles. The Kier molecular flexibility index (Phi) is 4.80. The van der Waals surface area contributed by atoms with Crippen molar-refractivity contribution in [2.45, 2.75) is 33.2 Å². The first-order valence-electron chi connectivity index (χ1n) is 7.38. The van der Waals surface area contributed by atoms with Gasteiger partial charge in [-0.3, -0.25) is 9.59 Å². The molecule has 1 atom stereocenters. The molecule has 2 aromatic rings. The molecule has 0 aliphatic rings. The SMILES string of the molecule is CNC(=O)[C@@H](CC(C)C)NC(=O)c1cn2ccc(C)cc2n1. The van der Waals surface area contributed by atoms with E-state index in [4.69, 9.17) is 0 Å². The molecule has 2 N–H and O–H groups in total. The quantitative estimate of drug-likeness (QED) is 0.879. The molecule has 2 aromatic heterocycles. The molecule has 22 heavy (non-hydrogen) atoms. The Morgan fingerprint density at radius 3 is 2.73 bits per heavy atom. The number of nitrogens with zero attached hydrogens (tertiary/aromatic N) is 2. The second-order valence-corrected chi connectivity index (χ2v) is 5.87. The van der Waals surface area contributed by atoms with E-state index < -0.39 is 6.04 Å². The van der Waals surface area contributed by atoms with Gasteiger partial charge in [0.1, 0.15) is 17.4 Å². The van der Waals surface area contributed by atoms with Crippen molar-refractivity contribution in [1.29, 1.82) is 0 Å². The van der Waals surface area contributed by atoms with E-state index in [1.807, 2.05) is 39.1 Å². The average molecular weight is 302 g/mol. The number of aromatic nitrogens is 2. The van der Waals surface area contributed by atoms with E-state index in [1.54, 1.807) is 17.6 Å². The highest BCUT2D eigenvalue weighted by molar-refractivity contribution is 5.96. The first-order valence-corrected chi connectivity index (χ1v) is 7.38. The number of hydrogen-bond donors (Lipinski definition) is 2. The summed E-state index contributed by atoms with van der Waals surface area (Å²) < 4.78 is 1.79. The number of fused-ring (bicyclic) bond motifs is 1. The smallest absolute Gasteiger partial charge is 0.272 e. The van der Waals surface area contributed by atoms with E-state index in [-0.39, 0.29) is 11.8 Å². The molecule has 2 amide bonds. The van der Waals surface area contributed by atoms with Crippen LogP contribution in [0.2, 0.25) is 0 Å². The summed E-state index contributed by atoms with van der Waals surface area (Å²) in [6.07, 6.45) is 4.11. The second-order valence-electron chi connectivity index (χ2n) is 5.87. The lowest BCUT2D eigenvalue weighted by Gasteiger charge is -2.18. The van der Waals surface area contributed by atoms with Gasteiger partial charge in [-0.1, -0.05) is 13.8 Å². The van der Waals surface area contributed by atoms with E-state index in [9.17, 15) is 9.59 Å². The molecule has 0 radical (unpaired) electrons. The van der Waals surface area contributed by atoms with Crippen molar-refractivity contribution in [3.05, 3.63) is 35.8 Å². The highest BCUT2D eigenvalue weighted by atomic mass is 16.2. The van der Waals surface area contributed by atoms with Crippen molar-refractivity contribution in [2.75, 3.05) is 7.05 Å². The van der Waals surface area contributed by atoms with Gasteiger partial charge in [-0.05, 0) is 37.0 Å². The van der Waals surface area contributed by atoms with Gasteiger partial charge >= 0.3 is 0 Å². The summed E-state index contributed by atoms with van der Waals surface area (Å²) in [5.74, 6) is -0.233. The van der Waals surface area contributed by atoms with Crippen LogP contribution in [0.15, 0.2) is 24.5 Å². The maximum Gasteiger partial charge on any atom is 0.272 e.